The number of hydrogen-bond acceptors (Lipinski definition) is 9. The number of aliphatic hydroxyl groups is 2. The van der Waals surface area contributed by atoms with Crippen LogP contribution >= 0.6 is 23.4 Å². The summed E-state index contributed by atoms with van der Waals surface area (Å²) >= 11 is 6.84. The van der Waals surface area contributed by atoms with Gasteiger partial charge in [0.15, 0.2) is 23.2 Å². The molecule has 2 aliphatic rings. The summed E-state index contributed by atoms with van der Waals surface area (Å²) in [6.45, 7) is 1.29. The molecule has 6 atom stereocenters. The molecule has 1 aromatic carbocycles. The van der Waals surface area contributed by atoms with Gasteiger partial charge in [-0.3, -0.25) is 4.68 Å². The SMILES string of the molecule is CSc1cnc(C(F)(F)F)c(-n2nc(C)nc2[C@@H]2OC3C(O)CO[C@@H]3C(n3cc(-c4ccc(Cl)c(F)c4F)cn3)[C@@H]2O)c1. The van der Waals surface area contributed by atoms with Gasteiger partial charge in [0.2, 0.25) is 0 Å². The molecular formula is C26H22ClF5N6O4S. The van der Waals surface area contributed by atoms with E-state index < -0.39 is 70.8 Å². The Kier molecular flexibility index (Phi) is 7.71. The fourth-order valence-corrected chi connectivity index (χ4v) is 5.86. The van der Waals surface area contributed by atoms with Crippen molar-refractivity contribution < 1.29 is 41.6 Å². The van der Waals surface area contributed by atoms with E-state index in [9.17, 15) is 32.2 Å². The largest absolute Gasteiger partial charge is 0.435 e. The Morgan fingerprint density at radius 2 is 1.88 bits per heavy atom. The molecule has 5 heterocycles. The number of halogens is 6. The van der Waals surface area contributed by atoms with Crippen LogP contribution in [0.4, 0.5) is 22.0 Å². The second-order valence-electron chi connectivity index (χ2n) is 9.97. The van der Waals surface area contributed by atoms with E-state index in [0.29, 0.717) is 4.90 Å². The fraction of sp³-hybridized carbons (Fsp3) is 0.385. The first-order valence-corrected chi connectivity index (χ1v) is 14.4. The minimum absolute atomic E-state index is 0.0805. The summed E-state index contributed by atoms with van der Waals surface area (Å²) in [7, 11) is 0. The quantitative estimate of drug-likeness (QED) is 0.186. The number of aryl methyl sites for hydroxylation is 1. The molecule has 0 radical (unpaired) electrons. The van der Waals surface area contributed by atoms with Crippen LogP contribution in [0.5, 0.6) is 0 Å². The van der Waals surface area contributed by atoms with Crippen molar-refractivity contribution in [1.29, 1.82) is 0 Å². The highest BCUT2D eigenvalue weighted by Gasteiger charge is 2.55. The highest BCUT2D eigenvalue weighted by Crippen LogP contribution is 2.44. The zero-order chi connectivity index (χ0) is 30.8. The molecule has 43 heavy (non-hydrogen) atoms. The van der Waals surface area contributed by atoms with Gasteiger partial charge in [0.25, 0.3) is 0 Å². The lowest BCUT2D eigenvalue weighted by atomic mass is 9.91. The Morgan fingerprint density at radius 3 is 2.60 bits per heavy atom. The lowest BCUT2D eigenvalue weighted by molar-refractivity contribution is -0.196. The molecule has 0 aliphatic carbocycles. The molecule has 0 spiro atoms. The summed E-state index contributed by atoms with van der Waals surface area (Å²) < 4.78 is 84.9. The van der Waals surface area contributed by atoms with Crippen LogP contribution in [0.25, 0.3) is 16.8 Å². The maximum absolute atomic E-state index is 14.7. The summed E-state index contributed by atoms with van der Waals surface area (Å²) in [5.74, 6) is -2.55. The standard InChI is InChI=1S/C26H22ClF5N6O4S/c1-10-35-25(38(36-10)15-5-12(43-2)7-33-24(15)26(30,31)32)23-20(40)19(22-21(42-23)16(39)9-41-22)37-8-11(6-34-37)13-3-4-14(27)18(29)17(13)28/h3-8,16,19-23,39-40H,9H2,1-2H3/t16?,19?,20-,21?,22+,23+/m0/s1. The van der Waals surface area contributed by atoms with Crippen LogP contribution < -0.4 is 0 Å². The van der Waals surface area contributed by atoms with Crippen LogP contribution in [0.15, 0.2) is 41.7 Å². The molecule has 2 fully saturated rings. The molecule has 0 amide bonds. The topological polar surface area (TPSA) is 120 Å². The second kappa shape index (κ2) is 11.1. The van der Waals surface area contributed by atoms with E-state index in [0.717, 1.165) is 10.9 Å². The first-order chi connectivity index (χ1) is 20.4. The van der Waals surface area contributed by atoms with Crippen LogP contribution in [0, 0.1) is 18.6 Å². The minimum Gasteiger partial charge on any atom is -0.388 e. The average molecular weight is 645 g/mol. The molecule has 3 unspecified atom stereocenters. The number of fused-ring (bicyclic) bond motifs is 1. The van der Waals surface area contributed by atoms with Gasteiger partial charge in [0.05, 0.1) is 23.5 Å². The number of benzene rings is 1. The van der Waals surface area contributed by atoms with E-state index in [-0.39, 0.29) is 29.4 Å². The maximum Gasteiger partial charge on any atom is 0.435 e. The molecular weight excluding hydrogens is 623 g/mol. The highest BCUT2D eigenvalue weighted by atomic mass is 35.5. The van der Waals surface area contributed by atoms with Gasteiger partial charge in [-0.25, -0.2) is 23.4 Å². The van der Waals surface area contributed by atoms with E-state index in [1.165, 1.54) is 54.0 Å². The number of aliphatic hydroxyl groups excluding tert-OH is 2. The van der Waals surface area contributed by atoms with Gasteiger partial charge < -0.3 is 19.7 Å². The Balaban J connectivity index is 1.44. The van der Waals surface area contributed by atoms with Crippen molar-refractivity contribution >= 4 is 23.4 Å². The van der Waals surface area contributed by atoms with Gasteiger partial charge in [0.1, 0.15) is 42.4 Å². The van der Waals surface area contributed by atoms with Crippen molar-refractivity contribution in [2.24, 2.45) is 0 Å². The lowest BCUT2D eigenvalue weighted by Crippen LogP contribution is -2.52. The smallest absolute Gasteiger partial charge is 0.388 e. The first kappa shape index (κ1) is 29.9. The third kappa shape index (κ3) is 5.19. The Bertz CT molecular complexity index is 1690. The predicted molar refractivity (Wildman–Crippen MR) is 142 cm³/mol. The highest BCUT2D eigenvalue weighted by molar-refractivity contribution is 7.98. The van der Waals surface area contributed by atoms with E-state index in [1.807, 2.05) is 0 Å². The van der Waals surface area contributed by atoms with E-state index in [1.54, 1.807) is 6.26 Å². The Labute approximate surface area is 249 Å². The number of ether oxygens (including phenoxy) is 2. The van der Waals surface area contributed by atoms with E-state index >= 15 is 0 Å². The Hall–Kier alpha value is -3.15. The minimum atomic E-state index is -4.85. The van der Waals surface area contributed by atoms with Crippen LogP contribution in [0.1, 0.15) is 29.5 Å². The van der Waals surface area contributed by atoms with Gasteiger partial charge in [-0.1, -0.05) is 11.6 Å². The second-order valence-corrected chi connectivity index (χ2v) is 11.3. The summed E-state index contributed by atoms with van der Waals surface area (Å²) in [5.41, 5.74) is -1.66. The molecule has 3 aromatic heterocycles. The molecule has 0 saturated carbocycles. The molecule has 17 heteroatoms. The monoisotopic (exact) mass is 644 g/mol. The number of aromatic nitrogens is 6. The molecule has 4 aromatic rings. The zero-order valence-electron chi connectivity index (χ0n) is 22.2. The van der Waals surface area contributed by atoms with Gasteiger partial charge in [0, 0.05) is 28.4 Å². The summed E-state index contributed by atoms with van der Waals surface area (Å²) in [6.07, 6.45) is -5.69. The van der Waals surface area contributed by atoms with Crippen LogP contribution in [0.2, 0.25) is 5.02 Å². The number of nitrogens with zero attached hydrogens (tertiary/aromatic N) is 6. The summed E-state index contributed by atoms with van der Waals surface area (Å²) in [4.78, 5) is 8.33. The Morgan fingerprint density at radius 1 is 1.12 bits per heavy atom. The predicted octanol–water partition coefficient (Wildman–Crippen LogP) is 4.31. The molecule has 6 rings (SSSR count). The molecule has 228 valence electrons. The number of rotatable bonds is 5. The van der Waals surface area contributed by atoms with Gasteiger partial charge in [-0.05, 0) is 31.4 Å². The number of alkyl halides is 3. The van der Waals surface area contributed by atoms with Crippen molar-refractivity contribution in [2.75, 3.05) is 12.9 Å². The van der Waals surface area contributed by atoms with Crippen LogP contribution in [0.3, 0.4) is 0 Å². The molecule has 2 aliphatic heterocycles. The van der Waals surface area contributed by atoms with E-state index in [4.69, 9.17) is 21.1 Å². The summed E-state index contributed by atoms with van der Waals surface area (Å²) in [6, 6.07) is 2.60. The number of pyridine rings is 1. The fourth-order valence-electron chi connectivity index (χ4n) is 5.33. The number of hydrogen-bond donors (Lipinski definition) is 2. The van der Waals surface area contributed by atoms with Crippen molar-refractivity contribution in [3.63, 3.8) is 0 Å². The zero-order valence-corrected chi connectivity index (χ0v) is 23.8. The maximum atomic E-state index is 14.7. The van der Waals surface area contributed by atoms with Crippen molar-refractivity contribution in [3.8, 4) is 16.8 Å². The van der Waals surface area contributed by atoms with Gasteiger partial charge in [-0.15, -0.1) is 11.8 Å². The van der Waals surface area contributed by atoms with Crippen molar-refractivity contribution in [3.05, 3.63) is 70.8 Å². The summed E-state index contributed by atoms with van der Waals surface area (Å²) in [5, 5.41) is 30.3. The normalized spacial score (nSPS) is 25.7. The van der Waals surface area contributed by atoms with Gasteiger partial charge >= 0.3 is 6.18 Å². The van der Waals surface area contributed by atoms with Crippen LogP contribution in [-0.2, 0) is 15.7 Å². The molecule has 10 nitrogen and oxygen atoms in total. The van der Waals surface area contributed by atoms with Gasteiger partial charge in [-0.2, -0.15) is 23.4 Å². The third-order valence-corrected chi connectivity index (χ3v) is 8.27. The van der Waals surface area contributed by atoms with E-state index in [2.05, 4.69) is 20.2 Å². The first-order valence-electron chi connectivity index (χ1n) is 12.8. The average Bonchev–Trinajstić information content (AvgIpc) is 3.69. The van der Waals surface area contributed by atoms with Crippen molar-refractivity contribution in [1.82, 2.24) is 29.5 Å². The van der Waals surface area contributed by atoms with Crippen LogP contribution in [-0.4, -0.2) is 77.0 Å². The molecule has 2 N–H and O–H groups in total. The molecule has 0 bridgehead atoms. The third-order valence-electron chi connectivity index (χ3n) is 7.28. The lowest BCUT2D eigenvalue weighted by Gasteiger charge is -2.41. The number of thioether (sulfide) groups is 1. The van der Waals surface area contributed by atoms with Crippen molar-refractivity contribution in [2.45, 2.75) is 54.6 Å². The molecule has 2 saturated heterocycles.